The number of hydrogen-bond donors (Lipinski definition) is 1. The third-order valence-electron chi connectivity index (χ3n) is 3.41. The van der Waals surface area contributed by atoms with Gasteiger partial charge < -0.3 is 9.88 Å². The largest absolute Gasteiger partial charge is 0.358 e. The number of nitrogens with zero attached hydrogens (tertiary/aromatic N) is 4. The van der Waals surface area contributed by atoms with E-state index in [0.29, 0.717) is 5.16 Å². The highest BCUT2D eigenvalue weighted by Gasteiger charge is 2.14. The van der Waals surface area contributed by atoms with Gasteiger partial charge >= 0.3 is 0 Å². The number of thioether (sulfide) groups is 1. The number of hydrogen-bond acceptors (Lipinski definition) is 5. The number of amides is 1. The van der Waals surface area contributed by atoms with E-state index in [0.717, 1.165) is 35.0 Å². The van der Waals surface area contributed by atoms with E-state index in [-0.39, 0.29) is 11.7 Å². The zero-order valence-corrected chi connectivity index (χ0v) is 13.4. The lowest BCUT2D eigenvalue weighted by atomic mass is 10.2. The molecule has 3 aromatic rings. The first-order valence-corrected chi connectivity index (χ1v) is 8.18. The van der Waals surface area contributed by atoms with Crippen LogP contribution in [0.4, 0.5) is 0 Å². The van der Waals surface area contributed by atoms with Gasteiger partial charge in [0.15, 0.2) is 5.65 Å². The molecule has 2 heterocycles. The molecule has 0 radical (unpaired) electrons. The second-order valence-electron chi connectivity index (χ2n) is 4.90. The van der Waals surface area contributed by atoms with Crippen molar-refractivity contribution in [3.05, 3.63) is 24.3 Å². The van der Waals surface area contributed by atoms with Gasteiger partial charge in [-0.3, -0.25) is 4.79 Å². The van der Waals surface area contributed by atoms with Crippen LogP contribution >= 0.6 is 11.8 Å². The zero-order chi connectivity index (χ0) is 15.5. The Labute approximate surface area is 132 Å². The third kappa shape index (κ3) is 2.64. The predicted molar refractivity (Wildman–Crippen MR) is 87.9 cm³/mol. The topological polar surface area (TPSA) is 72.7 Å². The molecule has 7 heteroatoms. The summed E-state index contributed by atoms with van der Waals surface area (Å²) in [5.74, 6) is 0.236. The molecule has 0 unspecified atom stereocenters. The van der Waals surface area contributed by atoms with Crippen molar-refractivity contribution in [3.63, 3.8) is 0 Å². The fourth-order valence-electron chi connectivity index (χ4n) is 2.40. The van der Waals surface area contributed by atoms with Crippen molar-refractivity contribution >= 4 is 39.7 Å². The molecule has 1 aromatic carbocycles. The Bertz CT molecular complexity index is 829. The van der Waals surface area contributed by atoms with Gasteiger partial charge in [-0.15, -0.1) is 10.2 Å². The minimum atomic E-state index is -0.0530. The van der Waals surface area contributed by atoms with E-state index < -0.39 is 0 Å². The SMILES string of the molecule is CCCn1c2ccccc2c2nnc(SCC(=O)NC)nc21. The summed E-state index contributed by atoms with van der Waals surface area (Å²) in [4.78, 5) is 16.0. The highest BCUT2D eigenvalue weighted by atomic mass is 32.2. The van der Waals surface area contributed by atoms with Crippen LogP contribution in [0.25, 0.3) is 22.1 Å². The summed E-state index contributed by atoms with van der Waals surface area (Å²) in [7, 11) is 1.62. The molecule has 0 fully saturated rings. The lowest BCUT2D eigenvalue weighted by molar-refractivity contribution is -0.118. The summed E-state index contributed by atoms with van der Waals surface area (Å²) in [5.41, 5.74) is 2.76. The van der Waals surface area contributed by atoms with Crippen molar-refractivity contribution < 1.29 is 4.79 Å². The van der Waals surface area contributed by atoms with Crippen molar-refractivity contribution in [1.29, 1.82) is 0 Å². The maximum Gasteiger partial charge on any atom is 0.230 e. The van der Waals surface area contributed by atoms with Gasteiger partial charge in [0.25, 0.3) is 0 Å². The molecular weight excluding hydrogens is 298 g/mol. The van der Waals surface area contributed by atoms with Crippen LogP contribution in [-0.4, -0.2) is 38.5 Å². The van der Waals surface area contributed by atoms with Crippen LogP contribution in [0.2, 0.25) is 0 Å². The number of rotatable bonds is 5. The summed E-state index contributed by atoms with van der Waals surface area (Å²) in [6.07, 6.45) is 1.01. The van der Waals surface area contributed by atoms with E-state index in [4.69, 9.17) is 0 Å². The Kier molecular flexibility index (Phi) is 4.24. The van der Waals surface area contributed by atoms with Crippen molar-refractivity contribution in [2.24, 2.45) is 0 Å². The van der Waals surface area contributed by atoms with Crippen molar-refractivity contribution in [2.45, 2.75) is 25.0 Å². The fourth-order valence-corrected chi connectivity index (χ4v) is 3.06. The Hall–Kier alpha value is -2.15. The monoisotopic (exact) mass is 315 g/mol. The molecule has 0 bridgehead atoms. The molecule has 2 aromatic heterocycles. The molecule has 6 nitrogen and oxygen atoms in total. The second kappa shape index (κ2) is 6.31. The lowest BCUT2D eigenvalue weighted by Gasteiger charge is -2.04. The average Bonchev–Trinajstić information content (AvgIpc) is 2.87. The number of para-hydroxylation sites is 1. The molecule has 3 rings (SSSR count). The van der Waals surface area contributed by atoms with Crippen LogP contribution < -0.4 is 5.32 Å². The average molecular weight is 315 g/mol. The maximum atomic E-state index is 11.3. The van der Waals surface area contributed by atoms with E-state index in [1.807, 2.05) is 18.2 Å². The molecule has 0 spiro atoms. The number of fused-ring (bicyclic) bond motifs is 3. The van der Waals surface area contributed by atoms with Crippen LogP contribution in [0, 0.1) is 0 Å². The molecular formula is C15H17N5OS. The third-order valence-corrected chi connectivity index (χ3v) is 4.25. The quantitative estimate of drug-likeness (QED) is 0.731. The first-order chi connectivity index (χ1) is 10.7. The second-order valence-corrected chi connectivity index (χ2v) is 5.84. The molecule has 1 amide bonds. The molecule has 0 aliphatic rings. The van der Waals surface area contributed by atoms with Crippen LogP contribution in [0.5, 0.6) is 0 Å². The summed E-state index contributed by atoms with van der Waals surface area (Å²) in [6, 6.07) is 8.12. The zero-order valence-electron chi connectivity index (χ0n) is 12.5. The van der Waals surface area contributed by atoms with Gasteiger partial charge in [0, 0.05) is 19.0 Å². The lowest BCUT2D eigenvalue weighted by Crippen LogP contribution is -2.19. The van der Waals surface area contributed by atoms with Crippen LogP contribution in [0.15, 0.2) is 29.4 Å². The Morgan fingerprint density at radius 2 is 2.14 bits per heavy atom. The summed E-state index contributed by atoms with van der Waals surface area (Å²) in [5, 5.41) is 12.6. The molecule has 22 heavy (non-hydrogen) atoms. The minimum Gasteiger partial charge on any atom is -0.358 e. The van der Waals surface area contributed by atoms with Gasteiger partial charge in [0.1, 0.15) is 5.52 Å². The van der Waals surface area contributed by atoms with Gasteiger partial charge in [0.05, 0.1) is 11.3 Å². The first-order valence-electron chi connectivity index (χ1n) is 7.19. The maximum absolute atomic E-state index is 11.3. The van der Waals surface area contributed by atoms with Gasteiger partial charge in [0.2, 0.25) is 11.1 Å². The molecule has 0 aliphatic carbocycles. The van der Waals surface area contributed by atoms with E-state index in [1.54, 1.807) is 7.05 Å². The first kappa shape index (κ1) is 14.8. The van der Waals surface area contributed by atoms with E-state index in [9.17, 15) is 4.79 Å². The number of nitrogens with one attached hydrogen (secondary N) is 1. The van der Waals surface area contributed by atoms with Crippen molar-refractivity contribution in [1.82, 2.24) is 25.1 Å². The Morgan fingerprint density at radius 1 is 1.32 bits per heavy atom. The molecule has 0 saturated carbocycles. The summed E-state index contributed by atoms with van der Waals surface area (Å²) in [6.45, 7) is 3.01. The van der Waals surface area contributed by atoms with E-state index in [1.165, 1.54) is 11.8 Å². The molecule has 0 saturated heterocycles. The van der Waals surface area contributed by atoms with E-state index in [2.05, 4.69) is 38.1 Å². The van der Waals surface area contributed by atoms with Crippen molar-refractivity contribution in [3.8, 4) is 0 Å². The number of aryl methyl sites for hydroxylation is 1. The smallest absolute Gasteiger partial charge is 0.230 e. The van der Waals surface area contributed by atoms with Gasteiger partial charge in [-0.25, -0.2) is 4.98 Å². The highest BCUT2D eigenvalue weighted by molar-refractivity contribution is 7.99. The van der Waals surface area contributed by atoms with Crippen LogP contribution in [0.1, 0.15) is 13.3 Å². The molecule has 0 atom stereocenters. The van der Waals surface area contributed by atoms with Crippen LogP contribution in [-0.2, 0) is 11.3 Å². The van der Waals surface area contributed by atoms with E-state index >= 15 is 0 Å². The Morgan fingerprint density at radius 3 is 2.91 bits per heavy atom. The molecule has 0 aliphatic heterocycles. The summed E-state index contributed by atoms with van der Waals surface area (Å²) < 4.78 is 2.17. The number of benzene rings is 1. The number of carbonyl (C=O) groups excluding carboxylic acids is 1. The standard InChI is InChI=1S/C15H17N5OS/c1-3-8-20-11-7-5-4-6-10(11)13-14(20)17-15(19-18-13)22-9-12(21)16-2/h4-7H,3,8-9H2,1-2H3,(H,16,21). The van der Waals surface area contributed by atoms with Crippen molar-refractivity contribution in [2.75, 3.05) is 12.8 Å². The minimum absolute atomic E-state index is 0.0530. The number of carbonyl (C=O) groups is 1. The number of aromatic nitrogens is 4. The highest BCUT2D eigenvalue weighted by Crippen LogP contribution is 2.27. The van der Waals surface area contributed by atoms with Gasteiger partial charge in [-0.2, -0.15) is 0 Å². The van der Waals surface area contributed by atoms with Gasteiger partial charge in [-0.1, -0.05) is 36.9 Å². The predicted octanol–water partition coefficient (Wildman–Crippen LogP) is 2.23. The van der Waals surface area contributed by atoms with Gasteiger partial charge in [-0.05, 0) is 12.5 Å². The summed E-state index contributed by atoms with van der Waals surface area (Å²) >= 11 is 1.29. The fraction of sp³-hybridized carbons (Fsp3) is 0.333. The molecule has 1 N–H and O–H groups in total. The normalized spacial score (nSPS) is 11.2. The molecule has 114 valence electrons. The van der Waals surface area contributed by atoms with Crippen LogP contribution in [0.3, 0.4) is 0 Å². The Balaban J connectivity index is 2.08.